The van der Waals surface area contributed by atoms with Crippen LogP contribution in [0.5, 0.6) is 0 Å². The zero-order chi connectivity index (χ0) is 18.1. The summed E-state index contributed by atoms with van der Waals surface area (Å²) in [4.78, 5) is 29.2. The Kier molecular flexibility index (Phi) is 4.40. The first kappa shape index (κ1) is 16.7. The van der Waals surface area contributed by atoms with Gasteiger partial charge in [-0.1, -0.05) is 6.07 Å². The Balaban J connectivity index is 1.63. The predicted octanol–water partition coefficient (Wildman–Crippen LogP) is 2.06. The van der Waals surface area contributed by atoms with Crippen LogP contribution in [0.3, 0.4) is 0 Å². The Morgan fingerprint density at radius 2 is 1.92 bits per heavy atom. The lowest BCUT2D eigenvalue weighted by molar-refractivity contribution is 0.0995. The summed E-state index contributed by atoms with van der Waals surface area (Å²) in [6, 6.07) is 5.38. The third-order valence-corrected chi connectivity index (χ3v) is 4.80. The molecule has 136 valence electrons. The number of carbonyl (C=O) groups is 1. The molecule has 4 N–H and O–H groups in total. The van der Waals surface area contributed by atoms with Crippen LogP contribution < -0.4 is 16.4 Å². The summed E-state index contributed by atoms with van der Waals surface area (Å²) >= 11 is 0. The van der Waals surface area contributed by atoms with Crippen molar-refractivity contribution in [1.29, 1.82) is 0 Å². The van der Waals surface area contributed by atoms with Crippen LogP contribution in [0, 0.1) is 11.8 Å². The van der Waals surface area contributed by atoms with Crippen LogP contribution in [-0.4, -0.2) is 38.4 Å². The van der Waals surface area contributed by atoms with Gasteiger partial charge in [0, 0.05) is 12.6 Å². The molecule has 0 bridgehead atoms. The number of aromatic nitrogens is 4. The van der Waals surface area contributed by atoms with Gasteiger partial charge in [0.15, 0.2) is 5.82 Å². The first-order valence-electron chi connectivity index (χ1n) is 9.12. The first-order valence-corrected chi connectivity index (χ1v) is 9.12. The fourth-order valence-corrected chi connectivity index (χ4v) is 2.81. The van der Waals surface area contributed by atoms with Crippen LogP contribution in [-0.2, 0) is 0 Å². The van der Waals surface area contributed by atoms with Gasteiger partial charge in [-0.3, -0.25) is 4.79 Å². The highest BCUT2D eigenvalue weighted by Gasteiger charge is 2.28. The summed E-state index contributed by atoms with van der Waals surface area (Å²) in [5.41, 5.74) is 6.03. The van der Waals surface area contributed by atoms with Crippen LogP contribution in [0.25, 0.3) is 11.5 Å². The van der Waals surface area contributed by atoms with Crippen molar-refractivity contribution in [2.45, 2.75) is 38.6 Å². The second kappa shape index (κ2) is 6.86. The summed E-state index contributed by atoms with van der Waals surface area (Å²) in [5.74, 6) is 2.28. The molecule has 2 fully saturated rings. The van der Waals surface area contributed by atoms with E-state index in [1.54, 1.807) is 18.2 Å². The number of rotatable bonds is 8. The van der Waals surface area contributed by atoms with Crippen molar-refractivity contribution < 1.29 is 4.79 Å². The third-order valence-electron chi connectivity index (χ3n) is 4.80. The van der Waals surface area contributed by atoms with E-state index in [-0.39, 0.29) is 5.69 Å². The molecule has 26 heavy (non-hydrogen) atoms. The third kappa shape index (κ3) is 4.07. The van der Waals surface area contributed by atoms with E-state index in [4.69, 9.17) is 5.73 Å². The summed E-state index contributed by atoms with van der Waals surface area (Å²) in [5, 5.41) is 6.66. The lowest BCUT2D eigenvalue weighted by Crippen LogP contribution is -2.20. The van der Waals surface area contributed by atoms with E-state index in [0.29, 0.717) is 41.3 Å². The van der Waals surface area contributed by atoms with E-state index < -0.39 is 5.91 Å². The van der Waals surface area contributed by atoms with Crippen molar-refractivity contribution in [2.24, 2.45) is 17.6 Å². The summed E-state index contributed by atoms with van der Waals surface area (Å²) in [6.07, 6.45) is 4.97. The second-order valence-electron chi connectivity index (χ2n) is 7.17. The van der Waals surface area contributed by atoms with Gasteiger partial charge in [0.2, 0.25) is 11.9 Å². The Bertz CT molecular complexity index is 817. The van der Waals surface area contributed by atoms with E-state index in [2.05, 4.69) is 37.5 Å². The molecule has 1 atom stereocenters. The molecular weight excluding hydrogens is 330 g/mol. The van der Waals surface area contributed by atoms with Gasteiger partial charge in [-0.05, 0) is 56.6 Å². The average Bonchev–Trinajstić information content (AvgIpc) is 3.53. The maximum Gasteiger partial charge on any atom is 0.267 e. The number of pyridine rings is 1. The molecule has 2 saturated carbocycles. The minimum Gasteiger partial charge on any atom is -0.364 e. The summed E-state index contributed by atoms with van der Waals surface area (Å²) in [7, 11) is 0. The Morgan fingerprint density at radius 1 is 1.15 bits per heavy atom. The maximum atomic E-state index is 11.4. The largest absolute Gasteiger partial charge is 0.364 e. The van der Waals surface area contributed by atoms with Gasteiger partial charge >= 0.3 is 0 Å². The van der Waals surface area contributed by atoms with E-state index in [0.717, 1.165) is 6.54 Å². The molecule has 4 rings (SSSR count). The molecular formula is C18H23N7O. The number of anilines is 2. The highest BCUT2D eigenvalue weighted by Crippen LogP contribution is 2.34. The second-order valence-corrected chi connectivity index (χ2v) is 7.17. The molecule has 1 unspecified atom stereocenters. The molecule has 2 aliphatic rings. The smallest absolute Gasteiger partial charge is 0.267 e. The quantitative estimate of drug-likeness (QED) is 0.664. The number of carbonyl (C=O) groups excluding carboxylic acids is 1. The zero-order valence-corrected chi connectivity index (χ0v) is 14.8. The van der Waals surface area contributed by atoms with Gasteiger partial charge in [-0.25, -0.2) is 4.98 Å². The number of nitrogens with zero attached hydrogens (tertiary/aromatic N) is 4. The molecule has 2 aliphatic carbocycles. The molecule has 0 aromatic carbocycles. The molecule has 0 radical (unpaired) electrons. The number of nitrogens with one attached hydrogen (secondary N) is 2. The maximum absolute atomic E-state index is 11.4. The molecule has 0 spiro atoms. The minimum absolute atomic E-state index is 0.191. The zero-order valence-electron chi connectivity index (χ0n) is 14.8. The van der Waals surface area contributed by atoms with Gasteiger partial charge in [-0.2, -0.15) is 15.0 Å². The fraction of sp³-hybridized carbons (Fsp3) is 0.500. The van der Waals surface area contributed by atoms with Crippen molar-refractivity contribution in [3.63, 3.8) is 0 Å². The van der Waals surface area contributed by atoms with Crippen molar-refractivity contribution in [3.8, 4) is 11.5 Å². The van der Waals surface area contributed by atoms with Crippen molar-refractivity contribution in [3.05, 3.63) is 23.9 Å². The van der Waals surface area contributed by atoms with E-state index in [1.807, 2.05) is 0 Å². The molecule has 0 aliphatic heterocycles. The van der Waals surface area contributed by atoms with E-state index in [1.165, 1.54) is 25.7 Å². The standard InChI is InChI=1S/C18H23N7O/c1-10(12-7-8-12)21-18-24-16(14-4-2-3-13(22-14)15(19)26)23-17(25-18)20-9-11-5-6-11/h2-4,10-12H,5-9H2,1H3,(H2,19,26)(H2,20,21,23,24,25). The van der Waals surface area contributed by atoms with Crippen LogP contribution in [0.1, 0.15) is 43.1 Å². The molecule has 2 aromatic rings. The Hall–Kier alpha value is -2.77. The molecule has 2 heterocycles. The first-order chi connectivity index (χ1) is 12.6. The highest BCUT2D eigenvalue weighted by molar-refractivity contribution is 5.91. The summed E-state index contributed by atoms with van der Waals surface area (Å²) < 4.78 is 0. The number of hydrogen-bond acceptors (Lipinski definition) is 7. The summed E-state index contributed by atoms with van der Waals surface area (Å²) in [6.45, 7) is 3.00. The molecule has 8 heteroatoms. The number of nitrogens with two attached hydrogens (primary N) is 1. The fourth-order valence-electron chi connectivity index (χ4n) is 2.81. The topological polar surface area (TPSA) is 119 Å². The SMILES string of the molecule is CC(Nc1nc(NCC2CC2)nc(-c2cccc(C(N)=O)n2)n1)C1CC1. The Labute approximate surface area is 152 Å². The lowest BCUT2D eigenvalue weighted by atomic mass is 10.2. The van der Waals surface area contributed by atoms with E-state index >= 15 is 0 Å². The Morgan fingerprint density at radius 3 is 2.62 bits per heavy atom. The van der Waals surface area contributed by atoms with Gasteiger partial charge in [0.25, 0.3) is 5.91 Å². The number of amides is 1. The normalized spacial score (nSPS) is 17.6. The molecule has 8 nitrogen and oxygen atoms in total. The van der Waals surface area contributed by atoms with E-state index in [9.17, 15) is 4.79 Å². The number of hydrogen-bond donors (Lipinski definition) is 3. The van der Waals surface area contributed by atoms with Crippen LogP contribution in [0.4, 0.5) is 11.9 Å². The molecule has 2 aromatic heterocycles. The van der Waals surface area contributed by atoms with Crippen molar-refractivity contribution >= 4 is 17.8 Å². The molecule has 0 saturated heterocycles. The van der Waals surface area contributed by atoms with Gasteiger partial charge < -0.3 is 16.4 Å². The predicted molar refractivity (Wildman–Crippen MR) is 98.6 cm³/mol. The monoisotopic (exact) mass is 353 g/mol. The van der Waals surface area contributed by atoms with Gasteiger partial charge in [0.1, 0.15) is 11.4 Å². The van der Waals surface area contributed by atoms with Crippen molar-refractivity contribution in [2.75, 3.05) is 17.2 Å². The average molecular weight is 353 g/mol. The number of primary amides is 1. The van der Waals surface area contributed by atoms with Gasteiger partial charge in [-0.15, -0.1) is 0 Å². The van der Waals surface area contributed by atoms with Crippen LogP contribution >= 0.6 is 0 Å². The highest BCUT2D eigenvalue weighted by atomic mass is 16.1. The minimum atomic E-state index is -0.575. The molecule has 1 amide bonds. The van der Waals surface area contributed by atoms with Gasteiger partial charge in [0.05, 0.1) is 0 Å². The van der Waals surface area contributed by atoms with Crippen molar-refractivity contribution in [1.82, 2.24) is 19.9 Å². The van der Waals surface area contributed by atoms with Crippen LogP contribution in [0.2, 0.25) is 0 Å². The lowest BCUT2D eigenvalue weighted by Gasteiger charge is -2.14. The van der Waals surface area contributed by atoms with Crippen LogP contribution in [0.15, 0.2) is 18.2 Å².